The van der Waals surface area contributed by atoms with Crippen molar-refractivity contribution in [2.24, 2.45) is 11.3 Å². The van der Waals surface area contributed by atoms with Crippen LogP contribution < -0.4 is 0 Å². The standard InChI is InChI=1S/C18H24O6/c1-12-9-14(11-18(3,4)10-12)21-17(20)23-24-22-16(19)15-8-6-5-7-13(15)2/h5-8,12,14H,9-11H2,1-4H3. The van der Waals surface area contributed by atoms with E-state index in [1.54, 1.807) is 31.2 Å². The van der Waals surface area contributed by atoms with Crippen molar-refractivity contribution in [2.75, 3.05) is 0 Å². The van der Waals surface area contributed by atoms with Crippen LogP contribution in [0.5, 0.6) is 0 Å². The number of hydrogen-bond acceptors (Lipinski definition) is 6. The number of rotatable bonds is 4. The van der Waals surface area contributed by atoms with Gasteiger partial charge in [0.2, 0.25) is 0 Å². The molecule has 1 aliphatic rings. The van der Waals surface area contributed by atoms with Gasteiger partial charge in [-0.25, -0.2) is 14.5 Å². The highest BCUT2D eigenvalue weighted by atomic mass is 17.5. The number of benzene rings is 1. The molecule has 1 aliphatic carbocycles. The molecule has 0 radical (unpaired) electrons. The van der Waals surface area contributed by atoms with Crippen LogP contribution in [0.25, 0.3) is 0 Å². The molecule has 0 saturated heterocycles. The summed E-state index contributed by atoms with van der Waals surface area (Å²) >= 11 is 0. The summed E-state index contributed by atoms with van der Waals surface area (Å²) in [6.45, 7) is 8.18. The van der Waals surface area contributed by atoms with Crippen LogP contribution >= 0.6 is 0 Å². The van der Waals surface area contributed by atoms with Crippen LogP contribution in [0.2, 0.25) is 0 Å². The van der Waals surface area contributed by atoms with Gasteiger partial charge in [0.1, 0.15) is 6.10 Å². The molecule has 2 unspecified atom stereocenters. The molecule has 0 spiro atoms. The molecule has 1 saturated carbocycles. The third-order valence-electron chi connectivity index (χ3n) is 4.19. The van der Waals surface area contributed by atoms with Gasteiger partial charge in [-0.1, -0.05) is 39.0 Å². The molecule has 0 amide bonds. The molecule has 1 aromatic carbocycles. The van der Waals surface area contributed by atoms with Crippen molar-refractivity contribution < 1.29 is 29.1 Å². The van der Waals surface area contributed by atoms with Crippen LogP contribution in [-0.2, 0) is 19.6 Å². The van der Waals surface area contributed by atoms with Crippen molar-refractivity contribution in [2.45, 2.75) is 53.1 Å². The van der Waals surface area contributed by atoms with E-state index in [9.17, 15) is 9.59 Å². The molecule has 0 aliphatic heterocycles. The Labute approximate surface area is 141 Å². The van der Waals surface area contributed by atoms with Crippen LogP contribution in [0.4, 0.5) is 4.79 Å². The van der Waals surface area contributed by atoms with E-state index < -0.39 is 12.1 Å². The Morgan fingerprint density at radius 1 is 1.12 bits per heavy atom. The summed E-state index contributed by atoms with van der Waals surface area (Å²) in [6, 6.07) is 6.85. The maximum Gasteiger partial charge on any atom is 0.543 e. The lowest BCUT2D eigenvalue weighted by Gasteiger charge is -2.37. The highest BCUT2D eigenvalue weighted by Crippen LogP contribution is 2.39. The second kappa shape index (κ2) is 7.66. The molecular weight excluding hydrogens is 312 g/mol. The highest BCUT2D eigenvalue weighted by molar-refractivity contribution is 5.90. The summed E-state index contributed by atoms with van der Waals surface area (Å²) < 4.78 is 5.23. The average molecular weight is 336 g/mol. The predicted molar refractivity (Wildman–Crippen MR) is 85.8 cm³/mol. The molecule has 1 fully saturated rings. The van der Waals surface area contributed by atoms with Crippen LogP contribution in [-0.4, -0.2) is 18.2 Å². The van der Waals surface area contributed by atoms with E-state index in [-0.39, 0.29) is 11.5 Å². The summed E-state index contributed by atoms with van der Waals surface area (Å²) in [6.07, 6.45) is 1.39. The first-order chi connectivity index (χ1) is 11.3. The summed E-state index contributed by atoms with van der Waals surface area (Å²) in [5.41, 5.74) is 1.17. The second-order valence-electron chi connectivity index (χ2n) is 7.24. The van der Waals surface area contributed by atoms with Gasteiger partial charge in [0, 0.05) is 0 Å². The Balaban J connectivity index is 1.75. The lowest BCUT2D eigenvalue weighted by atomic mass is 9.71. The van der Waals surface area contributed by atoms with Gasteiger partial charge in [0.25, 0.3) is 0 Å². The Morgan fingerprint density at radius 3 is 2.50 bits per heavy atom. The maximum atomic E-state index is 11.8. The molecule has 0 aromatic heterocycles. The van der Waals surface area contributed by atoms with E-state index >= 15 is 0 Å². The van der Waals surface area contributed by atoms with Crippen molar-refractivity contribution in [1.29, 1.82) is 0 Å². The lowest BCUT2D eigenvalue weighted by molar-refractivity contribution is -0.453. The van der Waals surface area contributed by atoms with Crippen molar-refractivity contribution in [1.82, 2.24) is 0 Å². The minimum absolute atomic E-state index is 0.112. The topological polar surface area (TPSA) is 71.1 Å². The molecule has 0 N–H and O–H groups in total. The van der Waals surface area contributed by atoms with Gasteiger partial charge in [-0.05, 0) is 49.1 Å². The summed E-state index contributed by atoms with van der Waals surface area (Å²) in [5, 5.41) is 4.26. The van der Waals surface area contributed by atoms with Crippen molar-refractivity contribution in [3.8, 4) is 0 Å². The molecular formula is C18H24O6. The van der Waals surface area contributed by atoms with Gasteiger partial charge in [-0.2, -0.15) is 0 Å². The van der Waals surface area contributed by atoms with Gasteiger partial charge in [0.15, 0.2) is 0 Å². The Kier molecular flexibility index (Phi) is 5.83. The third kappa shape index (κ3) is 5.23. The number of carbonyl (C=O) groups excluding carboxylic acids is 2. The van der Waals surface area contributed by atoms with Crippen LogP contribution in [0, 0.1) is 18.3 Å². The normalized spacial score (nSPS) is 22.5. The van der Waals surface area contributed by atoms with E-state index in [0.29, 0.717) is 11.5 Å². The molecule has 0 heterocycles. The quantitative estimate of drug-likeness (QED) is 0.462. The van der Waals surface area contributed by atoms with Crippen molar-refractivity contribution in [3.63, 3.8) is 0 Å². The van der Waals surface area contributed by atoms with E-state index in [4.69, 9.17) is 4.74 Å². The molecule has 0 bridgehead atoms. The van der Waals surface area contributed by atoms with Gasteiger partial charge >= 0.3 is 12.1 Å². The summed E-state index contributed by atoms with van der Waals surface area (Å²) in [5.74, 6) is -0.278. The molecule has 2 rings (SSSR count). The maximum absolute atomic E-state index is 11.8. The molecule has 1 aromatic rings. The number of aryl methyl sites for hydroxylation is 1. The van der Waals surface area contributed by atoms with Crippen molar-refractivity contribution >= 4 is 12.1 Å². The fourth-order valence-corrected chi connectivity index (χ4v) is 3.43. The summed E-state index contributed by atoms with van der Waals surface area (Å²) in [4.78, 5) is 32.3. The number of ether oxygens (including phenoxy) is 1. The smallest absolute Gasteiger partial charge is 0.429 e. The van der Waals surface area contributed by atoms with E-state index in [1.807, 2.05) is 0 Å². The van der Waals surface area contributed by atoms with E-state index in [1.165, 1.54) is 0 Å². The van der Waals surface area contributed by atoms with E-state index in [0.717, 1.165) is 24.8 Å². The first-order valence-corrected chi connectivity index (χ1v) is 8.08. The van der Waals surface area contributed by atoms with Crippen molar-refractivity contribution in [3.05, 3.63) is 35.4 Å². The Hall–Kier alpha value is -2.08. The van der Waals surface area contributed by atoms with Gasteiger partial charge in [-0.3, -0.25) is 4.89 Å². The molecule has 132 valence electrons. The highest BCUT2D eigenvalue weighted by Gasteiger charge is 2.34. The molecule has 24 heavy (non-hydrogen) atoms. The SMILES string of the molecule is Cc1ccccc1C(=O)OOOC(=O)OC1CC(C)CC(C)(C)C1. The predicted octanol–water partition coefficient (Wildman–Crippen LogP) is 4.37. The van der Waals surface area contributed by atoms with Gasteiger partial charge < -0.3 is 4.74 Å². The third-order valence-corrected chi connectivity index (χ3v) is 4.19. The Morgan fingerprint density at radius 2 is 1.83 bits per heavy atom. The summed E-state index contributed by atoms with van der Waals surface area (Å²) in [7, 11) is 0. The zero-order valence-electron chi connectivity index (χ0n) is 14.5. The number of hydrogen-bond donors (Lipinski definition) is 0. The van der Waals surface area contributed by atoms with E-state index in [2.05, 4.69) is 35.6 Å². The minimum atomic E-state index is -1.01. The first kappa shape index (κ1) is 18.3. The first-order valence-electron chi connectivity index (χ1n) is 8.08. The average Bonchev–Trinajstić information content (AvgIpc) is 2.45. The largest absolute Gasteiger partial charge is 0.543 e. The van der Waals surface area contributed by atoms with Crippen LogP contribution in [0.1, 0.15) is 56.0 Å². The van der Waals surface area contributed by atoms with Crippen LogP contribution in [0.3, 0.4) is 0 Å². The molecule has 2 atom stereocenters. The monoisotopic (exact) mass is 336 g/mol. The van der Waals surface area contributed by atoms with Gasteiger partial charge in [-0.15, -0.1) is 0 Å². The Bertz CT molecular complexity index is 595. The van der Waals surface area contributed by atoms with Crippen LogP contribution in [0.15, 0.2) is 24.3 Å². The fourth-order valence-electron chi connectivity index (χ4n) is 3.43. The zero-order valence-corrected chi connectivity index (χ0v) is 14.5. The number of carbonyl (C=O) groups is 2. The lowest BCUT2D eigenvalue weighted by Crippen LogP contribution is -2.34. The fraction of sp³-hybridized carbons (Fsp3) is 0.556. The van der Waals surface area contributed by atoms with Gasteiger partial charge in [0.05, 0.1) is 10.6 Å². The second-order valence-corrected chi connectivity index (χ2v) is 7.24. The zero-order chi connectivity index (χ0) is 17.7. The molecule has 6 heteroatoms. The molecule has 6 nitrogen and oxygen atoms in total. The minimum Gasteiger partial charge on any atom is -0.429 e.